The number of aryl methyl sites for hydroxylation is 1. The molecule has 0 radical (unpaired) electrons. The van der Waals surface area contributed by atoms with Crippen LogP contribution in [0.5, 0.6) is 11.5 Å². The van der Waals surface area contributed by atoms with Crippen molar-refractivity contribution in [3.05, 3.63) is 94.6 Å². The molecule has 0 aliphatic heterocycles. The van der Waals surface area contributed by atoms with Gasteiger partial charge in [-0.2, -0.15) is 0 Å². The number of hydrogen-bond acceptors (Lipinski definition) is 4. The van der Waals surface area contributed by atoms with E-state index in [2.05, 4.69) is 52.4 Å². The third-order valence-electron chi connectivity index (χ3n) is 5.02. The number of rotatable bonds is 8. The van der Waals surface area contributed by atoms with E-state index in [9.17, 15) is 0 Å². The fourth-order valence-corrected chi connectivity index (χ4v) is 4.36. The summed E-state index contributed by atoms with van der Waals surface area (Å²) in [5.74, 6) is 1.72. The molecule has 0 spiro atoms. The minimum absolute atomic E-state index is 0.659. The summed E-state index contributed by atoms with van der Waals surface area (Å²) in [5, 5.41) is 2.18. The highest BCUT2D eigenvalue weighted by atomic mass is 32.1. The number of methoxy groups -OCH3 is 1. The zero-order chi connectivity index (χ0) is 21.5. The van der Waals surface area contributed by atoms with E-state index in [4.69, 9.17) is 14.5 Å². The van der Waals surface area contributed by atoms with Crippen molar-refractivity contribution in [1.82, 2.24) is 4.57 Å². The lowest BCUT2D eigenvalue weighted by Crippen LogP contribution is -2.17. The Balaban J connectivity index is 1.70. The maximum absolute atomic E-state index is 5.55. The van der Waals surface area contributed by atoms with Gasteiger partial charge in [-0.1, -0.05) is 30.3 Å². The van der Waals surface area contributed by atoms with Gasteiger partial charge in [0.15, 0.2) is 4.80 Å². The van der Waals surface area contributed by atoms with Crippen LogP contribution in [-0.2, 0) is 13.0 Å². The van der Waals surface area contributed by atoms with Crippen molar-refractivity contribution in [3.8, 4) is 22.8 Å². The summed E-state index contributed by atoms with van der Waals surface area (Å²) in [6, 6.07) is 26.7. The molecule has 0 N–H and O–H groups in total. The van der Waals surface area contributed by atoms with Crippen LogP contribution in [0.1, 0.15) is 12.5 Å². The molecule has 158 valence electrons. The molecule has 1 aromatic heterocycles. The molecule has 0 aliphatic rings. The lowest BCUT2D eigenvalue weighted by Gasteiger charge is -2.10. The monoisotopic (exact) mass is 430 g/mol. The van der Waals surface area contributed by atoms with Gasteiger partial charge in [0.1, 0.15) is 11.5 Å². The smallest absolute Gasteiger partial charge is 0.190 e. The van der Waals surface area contributed by atoms with Gasteiger partial charge in [-0.05, 0) is 73.0 Å². The third kappa shape index (κ3) is 5.25. The van der Waals surface area contributed by atoms with E-state index in [1.807, 2.05) is 43.3 Å². The highest BCUT2D eigenvalue weighted by Gasteiger charge is 2.09. The normalized spacial score (nSPS) is 11.5. The number of thiazole rings is 1. The van der Waals surface area contributed by atoms with Crippen LogP contribution in [0.3, 0.4) is 0 Å². The highest BCUT2D eigenvalue weighted by Crippen LogP contribution is 2.24. The van der Waals surface area contributed by atoms with E-state index in [1.54, 1.807) is 18.4 Å². The summed E-state index contributed by atoms with van der Waals surface area (Å²) in [6.45, 7) is 3.50. The molecule has 0 saturated carbocycles. The molecule has 4 aromatic rings. The van der Waals surface area contributed by atoms with Crippen LogP contribution in [0.2, 0.25) is 0 Å². The Morgan fingerprint density at radius 1 is 0.871 bits per heavy atom. The minimum Gasteiger partial charge on any atom is -0.497 e. The maximum Gasteiger partial charge on any atom is 0.190 e. The summed E-state index contributed by atoms with van der Waals surface area (Å²) in [6.07, 6.45) is 0.942. The van der Waals surface area contributed by atoms with Gasteiger partial charge in [-0.3, -0.25) is 0 Å². The van der Waals surface area contributed by atoms with Gasteiger partial charge >= 0.3 is 0 Å². The zero-order valence-corrected chi connectivity index (χ0v) is 18.6. The maximum atomic E-state index is 5.55. The molecule has 4 rings (SSSR count). The lowest BCUT2D eigenvalue weighted by molar-refractivity contribution is 0.340. The first kappa shape index (κ1) is 20.9. The Bertz CT molecular complexity index is 1160. The van der Waals surface area contributed by atoms with Crippen molar-refractivity contribution in [2.75, 3.05) is 13.7 Å². The zero-order valence-electron chi connectivity index (χ0n) is 17.8. The van der Waals surface area contributed by atoms with Crippen molar-refractivity contribution in [2.24, 2.45) is 4.99 Å². The van der Waals surface area contributed by atoms with Gasteiger partial charge in [-0.15, -0.1) is 11.3 Å². The van der Waals surface area contributed by atoms with Crippen LogP contribution < -0.4 is 14.3 Å². The molecule has 0 fully saturated rings. The highest BCUT2D eigenvalue weighted by molar-refractivity contribution is 7.07. The van der Waals surface area contributed by atoms with Crippen LogP contribution in [0.4, 0.5) is 5.69 Å². The number of benzene rings is 3. The molecule has 0 amide bonds. The topological polar surface area (TPSA) is 35.8 Å². The Hall–Kier alpha value is -3.31. The van der Waals surface area contributed by atoms with Gasteiger partial charge in [-0.25, -0.2) is 4.99 Å². The fraction of sp³-hybridized carbons (Fsp3) is 0.192. The number of ether oxygens (including phenoxy) is 2. The van der Waals surface area contributed by atoms with Gasteiger partial charge in [0.25, 0.3) is 0 Å². The van der Waals surface area contributed by atoms with Gasteiger partial charge in [0.2, 0.25) is 0 Å². The van der Waals surface area contributed by atoms with Crippen molar-refractivity contribution in [2.45, 2.75) is 19.9 Å². The predicted molar refractivity (Wildman–Crippen MR) is 127 cm³/mol. The molecule has 31 heavy (non-hydrogen) atoms. The summed E-state index contributed by atoms with van der Waals surface area (Å²) >= 11 is 1.66. The quantitative estimate of drug-likeness (QED) is 0.339. The Labute approximate surface area is 187 Å². The average Bonchev–Trinajstić information content (AvgIpc) is 3.22. The Kier molecular flexibility index (Phi) is 6.85. The van der Waals surface area contributed by atoms with E-state index in [0.29, 0.717) is 6.61 Å². The van der Waals surface area contributed by atoms with Crippen LogP contribution >= 0.6 is 11.3 Å². The number of aromatic nitrogens is 1. The first-order valence-corrected chi connectivity index (χ1v) is 11.3. The molecule has 0 bridgehead atoms. The van der Waals surface area contributed by atoms with Crippen LogP contribution in [0.15, 0.2) is 89.2 Å². The van der Waals surface area contributed by atoms with E-state index >= 15 is 0 Å². The molecule has 3 aromatic carbocycles. The largest absolute Gasteiger partial charge is 0.497 e. The predicted octanol–water partition coefficient (Wildman–Crippen LogP) is 6.10. The van der Waals surface area contributed by atoms with Crippen LogP contribution in [0, 0.1) is 0 Å². The summed E-state index contributed by atoms with van der Waals surface area (Å²) in [5.41, 5.74) is 4.54. The second kappa shape index (κ2) is 10.1. The van der Waals surface area contributed by atoms with Gasteiger partial charge in [0.05, 0.1) is 25.1 Å². The summed E-state index contributed by atoms with van der Waals surface area (Å²) < 4.78 is 13.2. The Morgan fingerprint density at radius 2 is 1.58 bits per heavy atom. The first-order chi connectivity index (χ1) is 15.3. The molecular formula is C26H26N2O2S. The van der Waals surface area contributed by atoms with E-state index < -0.39 is 0 Å². The molecule has 0 aliphatic carbocycles. The van der Waals surface area contributed by atoms with E-state index in [0.717, 1.165) is 46.2 Å². The first-order valence-electron chi connectivity index (χ1n) is 10.4. The molecule has 4 nitrogen and oxygen atoms in total. The van der Waals surface area contributed by atoms with Gasteiger partial charge < -0.3 is 14.0 Å². The van der Waals surface area contributed by atoms with E-state index in [1.165, 1.54) is 5.56 Å². The average molecular weight is 431 g/mol. The lowest BCUT2D eigenvalue weighted by atomic mass is 10.1. The van der Waals surface area contributed by atoms with Crippen LogP contribution in [0.25, 0.3) is 11.3 Å². The van der Waals surface area contributed by atoms with Crippen LogP contribution in [-0.4, -0.2) is 18.3 Å². The molecule has 0 unspecified atom stereocenters. The van der Waals surface area contributed by atoms with Gasteiger partial charge in [0, 0.05) is 11.9 Å². The van der Waals surface area contributed by atoms with Crippen molar-refractivity contribution >= 4 is 17.0 Å². The second-order valence-electron chi connectivity index (χ2n) is 7.06. The molecule has 0 atom stereocenters. The van der Waals surface area contributed by atoms with Crippen molar-refractivity contribution < 1.29 is 9.47 Å². The standard InChI is InChI=1S/C26H26N2O2S/c1-3-30-24-15-11-22(12-16-24)27-26-28(18-17-20-7-5-4-6-8-20)25(19-31-26)21-9-13-23(29-2)14-10-21/h4-16,19H,3,17-18H2,1-2H3. The van der Waals surface area contributed by atoms with E-state index in [-0.39, 0.29) is 0 Å². The second-order valence-corrected chi connectivity index (χ2v) is 7.89. The molecule has 0 saturated heterocycles. The molecule has 1 heterocycles. The summed E-state index contributed by atoms with van der Waals surface area (Å²) in [7, 11) is 1.69. The SMILES string of the molecule is CCOc1ccc(N=c2scc(-c3ccc(OC)cc3)n2CCc2ccccc2)cc1. The number of nitrogens with zero attached hydrogens (tertiary/aromatic N) is 2. The fourth-order valence-electron chi connectivity index (χ4n) is 3.41. The third-order valence-corrected chi connectivity index (χ3v) is 5.89. The summed E-state index contributed by atoms with van der Waals surface area (Å²) in [4.78, 5) is 5.91. The van der Waals surface area contributed by atoms with Crippen molar-refractivity contribution in [1.29, 1.82) is 0 Å². The Morgan fingerprint density at radius 3 is 2.26 bits per heavy atom. The molecular weight excluding hydrogens is 404 g/mol. The number of hydrogen-bond donors (Lipinski definition) is 0. The minimum atomic E-state index is 0.659. The molecule has 5 heteroatoms. The van der Waals surface area contributed by atoms with Crippen molar-refractivity contribution in [3.63, 3.8) is 0 Å².